The molecule has 0 heterocycles. The second-order valence-corrected chi connectivity index (χ2v) is 2.62. The smallest absolute Gasteiger partial charge is 0.0508 e. The molecule has 0 spiro atoms. The van der Waals surface area contributed by atoms with Crippen LogP contribution in [0.3, 0.4) is 0 Å². The minimum absolute atomic E-state index is 1.31. The lowest BCUT2D eigenvalue weighted by molar-refractivity contribution is -0.344. The van der Waals surface area contributed by atoms with Gasteiger partial charge in [0.05, 0.1) is 11.9 Å². The highest BCUT2D eigenvalue weighted by Gasteiger charge is 2.25. The molecule has 0 fully saturated rings. The molecule has 1 unspecified atom stereocenters. The molecule has 0 aliphatic heterocycles. The monoisotopic (exact) mass is 216 g/mol. The van der Waals surface area contributed by atoms with Crippen LogP contribution in [0.2, 0.25) is 0 Å². The van der Waals surface area contributed by atoms with E-state index in [0.29, 0.717) is 0 Å². The molecule has 15 heavy (non-hydrogen) atoms. The Bertz CT molecular complexity index is 292. The van der Waals surface area contributed by atoms with E-state index >= 15 is 0 Å². The molecule has 0 aromatic carbocycles. The predicted octanol–water partition coefficient (Wildman–Crippen LogP) is -6.39. The van der Waals surface area contributed by atoms with Gasteiger partial charge < -0.3 is 39.6 Å². The zero-order valence-corrected chi connectivity index (χ0v) is 7.13. The Morgan fingerprint density at radius 3 is 1.40 bits per heavy atom. The van der Waals surface area contributed by atoms with Crippen LogP contribution in [-0.4, -0.2) is 23.9 Å². The van der Waals surface area contributed by atoms with Crippen molar-refractivity contribution in [2.24, 2.45) is 11.8 Å². The van der Waals surface area contributed by atoms with Crippen LogP contribution in [0.5, 0.6) is 0 Å². The normalized spacial score (nSPS) is 12.1. The molecule has 0 N–H and O–H groups in total. The molecule has 0 rings (SSSR count). The largest absolute Gasteiger partial charge is 0.550 e. The molecule has 0 radical (unpaired) electrons. The summed E-state index contributed by atoms with van der Waals surface area (Å²) in [5.74, 6) is -13.5. The number of hydrogen-bond donors (Lipinski definition) is 0. The maximum Gasteiger partial charge on any atom is 0.0508 e. The minimum atomic E-state index is -2.59. The Hall–Kier alpha value is -2.12. The fourth-order valence-electron chi connectivity index (χ4n) is 0.942. The molecule has 8 nitrogen and oxygen atoms in total. The number of carboxylic acid groups (broad SMARTS) is 4. The van der Waals surface area contributed by atoms with E-state index in [-0.39, 0.29) is 0 Å². The number of carboxylic acids is 4. The predicted molar refractivity (Wildman–Crippen MR) is 31.6 cm³/mol. The molecule has 0 bridgehead atoms. The van der Waals surface area contributed by atoms with Gasteiger partial charge in [-0.25, -0.2) is 0 Å². The fourth-order valence-corrected chi connectivity index (χ4v) is 0.942. The zero-order valence-electron chi connectivity index (χ0n) is 7.13. The maximum absolute atomic E-state index is 10.3. The van der Waals surface area contributed by atoms with E-state index in [0.717, 1.165) is 0 Å². The summed E-state index contributed by atoms with van der Waals surface area (Å²) < 4.78 is 0. The number of carbonyl (C=O) groups is 4. The van der Waals surface area contributed by atoms with Gasteiger partial charge in [-0.2, -0.15) is 0 Å². The van der Waals surface area contributed by atoms with Gasteiger partial charge in [0.2, 0.25) is 0 Å². The van der Waals surface area contributed by atoms with Gasteiger partial charge in [-0.3, -0.25) is 0 Å². The van der Waals surface area contributed by atoms with E-state index in [2.05, 4.69) is 0 Å². The molecular formula is C7H4O8-4. The van der Waals surface area contributed by atoms with Crippen molar-refractivity contribution in [1.82, 2.24) is 0 Å². The summed E-state index contributed by atoms with van der Waals surface area (Å²) in [6.45, 7) is 0. The van der Waals surface area contributed by atoms with Crippen LogP contribution in [0.4, 0.5) is 0 Å². The summed E-state index contributed by atoms with van der Waals surface area (Å²) in [4.78, 5) is 40.8. The number of aliphatic carboxylic acids is 4. The Labute approximate surface area is 82.8 Å². The van der Waals surface area contributed by atoms with Crippen molar-refractivity contribution in [3.63, 3.8) is 0 Å². The van der Waals surface area contributed by atoms with E-state index in [4.69, 9.17) is 0 Å². The molecule has 0 saturated heterocycles. The van der Waals surface area contributed by atoms with Crippen molar-refractivity contribution in [1.29, 1.82) is 0 Å². The fraction of sp³-hybridized carbons (Fsp3) is 0.429. The van der Waals surface area contributed by atoms with Crippen LogP contribution >= 0.6 is 0 Å². The molecule has 0 aliphatic carbocycles. The summed E-state index contributed by atoms with van der Waals surface area (Å²) >= 11 is 0. The Morgan fingerprint density at radius 1 is 0.800 bits per heavy atom. The quantitative estimate of drug-likeness (QED) is 0.396. The highest BCUT2D eigenvalue weighted by Crippen LogP contribution is 2.14. The summed E-state index contributed by atoms with van der Waals surface area (Å²) in [7, 11) is 0. The number of carbonyl (C=O) groups excluding carboxylic acids is 4. The van der Waals surface area contributed by atoms with E-state index in [1.807, 2.05) is 0 Å². The van der Waals surface area contributed by atoms with Crippen LogP contribution in [0.1, 0.15) is 6.42 Å². The SMILES string of the molecule is O=C([O-])CC(C(=O)[O-])C(C(=O)[O-])C(=O)[O-]. The second kappa shape index (κ2) is 4.94. The van der Waals surface area contributed by atoms with Gasteiger partial charge in [-0.05, 0) is 6.42 Å². The molecule has 8 heteroatoms. The Morgan fingerprint density at radius 2 is 1.20 bits per heavy atom. The van der Waals surface area contributed by atoms with Gasteiger partial charge in [-0.15, -0.1) is 0 Å². The van der Waals surface area contributed by atoms with Crippen molar-refractivity contribution in [2.45, 2.75) is 6.42 Å². The lowest BCUT2D eigenvalue weighted by Crippen LogP contribution is -2.53. The zero-order chi connectivity index (χ0) is 12.2. The molecule has 84 valence electrons. The van der Waals surface area contributed by atoms with E-state index in [9.17, 15) is 39.6 Å². The molecule has 0 aromatic heterocycles. The third kappa shape index (κ3) is 3.63. The van der Waals surface area contributed by atoms with E-state index < -0.39 is 42.1 Å². The first-order valence-electron chi connectivity index (χ1n) is 3.59. The van der Waals surface area contributed by atoms with Gasteiger partial charge in [0.1, 0.15) is 0 Å². The molecule has 0 saturated carbocycles. The van der Waals surface area contributed by atoms with Crippen molar-refractivity contribution in [3.8, 4) is 0 Å². The van der Waals surface area contributed by atoms with Crippen LogP contribution in [0, 0.1) is 11.8 Å². The number of rotatable bonds is 6. The van der Waals surface area contributed by atoms with Crippen LogP contribution in [-0.2, 0) is 19.2 Å². The molecule has 0 aromatic rings. The van der Waals surface area contributed by atoms with Gasteiger partial charge in [0.25, 0.3) is 0 Å². The summed E-state index contributed by atoms with van der Waals surface area (Å²) in [6, 6.07) is 0. The highest BCUT2D eigenvalue weighted by atomic mass is 16.4. The third-order valence-electron chi connectivity index (χ3n) is 1.60. The summed E-state index contributed by atoms with van der Waals surface area (Å²) in [5, 5.41) is 40.8. The average Bonchev–Trinajstić information content (AvgIpc) is 2.00. The molecular weight excluding hydrogens is 212 g/mol. The summed E-state index contributed by atoms with van der Waals surface area (Å²) in [5.41, 5.74) is 0. The first-order valence-corrected chi connectivity index (χ1v) is 3.59. The van der Waals surface area contributed by atoms with Crippen LogP contribution in [0.15, 0.2) is 0 Å². The third-order valence-corrected chi connectivity index (χ3v) is 1.60. The average molecular weight is 216 g/mol. The number of hydrogen-bond acceptors (Lipinski definition) is 8. The van der Waals surface area contributed by atoms with Crippen LogP contribution < -0.4 is 20.4 Å². The Kier molecular flexibility index (Phi) is 4.24. The topological polar surface area (TPSA) is 161 Å². The molecule has 1 atom stereocenters. The van der Waals surface area contributed by atoms with Gasteiger partial charge in [-0.1, -0.05) is 0 Å². The van der Waals surface area contributed by atoms with Crippen molar-refractivity contribution >= 4 is 23.9 Å². The highest BCUT2D eigenvalue weighted by molar-refractivity contribution is 5.96. The van der Waals surface area contributed by atoms with E-state index in [1.54, 1.807) is 0 Å². The first kappa shape index (κ1) is 12.9. The standard InChI is InChI=1S/C7H8O8/c8-3(9)1-2(5(10)11)4(6(12)13)7(14)15/h2,4H,1H2,(H,8,9)(H,10,11)(H,12,13)(H,14,15)/p-4. The minimum Gasteiger partial charge on any atom is -0.550 e. The lowest BCUT2D eigenvalue weighted by atomic mass is 9.89. The Balaban J connectivity index is 5.01. The van der Waals surface area contributed by atoms with Gasteiger partial charge in [0, 0.05) is 23.8 Å². The van der Waals surface area contributed by atoms with Gasteiger partial charge >= 0.3 is 0 Å². The second-order valence-electron chi connectivity index (χ2n) is 2.62. The van der Waals surface area contributed by atoms with Crippen molar-refractivity contribution in [2.75, 3.05) is 0 Å². The molecule has 0 amide bonds. The van der Waals surface area contributed by atoms with Crippen molar-refractivity contribution < 1.29 is 39.6 Å². The lowest BCUT2D eigenvalue weighted by Gasteiger charge is -2.29. The van der Waals surface area contributed by atoms with E-state index in [1.165, 1.54) is 0 Å². The van der Waals surface area contributed by atoms with Crippen LogP contribution in [0.25, 0.3) is 0 Å². The summed E-state index contributed by atoms with van der Waals surface area (Å²) in [6.07, 6.45) is -1.31. The first-order chi connectivity index (χ1) is 6.77. The van der Waals surface area contributed by atoms with Crippen molar-refractivity contribution in [3.05, 3.63) is 0 Å². The van der Waals surface area contributed by atoms with Gasteiger partial charge in [0.15, 0.2) is 0 Å². The molecule has 0 aliphatic rings. The maximum atomic E-state index is 10.3.